The van der Waals surface area contributed by atoms with E-state index in [0.29, 0.717) is 11.3 Å². The number of sulfone groups is 1. The van der Waals surface area contributed by atoms with E-state index in [4.69, 9.17) is 0 Å². The molecule has 0 saturated heterocycles. The number of para-hydroxylation sites is 1. The normalized spacial score (nSPS) is 12.4. The van der Waals surface area contributed by atoms with Crippen LogP contribution in [-0.2, 0) is 9.84 Å². The molecule has 18 heavy (non-hydrogen) atoms. The number of benzene rings is 1. The lowest BCUT2D eigenvalue weighted by Crippen LogP contribution is -2.17. The van der Waals surface area contributed by atoms with E-state index >= 15 is 0 Å². The van der Waals surface area contributed by atoms with E-state index < -0.39 is 9.84 Å². The van der Waals surface area contributed by atoms with E-state index in [9.17, 15) is 8.42 Å². The molecule has 0 aliphatic heterocycles. The van der Waals surface area contributed by atoms with Gasteiger partial charge in [-0.15, -0.1) is 0 Å². The third kappa shape index (κ3) is 2.73. The fourth-order valence-electron chi connectivity index (χ4n) is 1.98. The molecule has 0 spiro atoms. The number of hydrogen-bond donors (Lipinski definition) is 1. The summed E-state index contributed by atoms with van der Waals surface area (Å²) >= 11 is 0. The first-order chi connectivity index (χ1) is 8.50. The van der Waals surface area contributed by atoms with Gasteiger partial charge in [0, 0.05) is 17.1 Å². The first-order valence-corrected chi connectivity index (χ1v) is 7.59. The van der Waals surface area contributed by atoms with Crippen LogP contribution < -0.4 is 0 Å². The number of nitrogens with zero attached hydrogens (tertiary/aromatic N) is 1. The van der Waals surface area contributed by atoms with E-state index in [0.717, 1.165) is 17.4 Å². The van der Waals surface area contributed by atoms with Crippen LogP contribution in [0.5, 0.6) is 0 Å². The van der Waals surface area contributed by atoms with Crippen molar-refractivity contribution in [1.82, 2.24) is 9.88 Å². The highest BCUT2D eigenvalue weighted by molar-refractivity contribution is 7.91. The van der Waals surface area contributed by atoms with Crippen molar-refractivity contribution >= 4 is 20.7 Å². The summed E-state index contributed by atoms with van der Waals surface area (Å²) in [6.07, 6.45) is 2.24. The topological polar surface area (TPSA) is 53.2 Å². The summed E-state index contributed by atoms with van der Waals surface area (Å²) in [6, 6.07) is 7.47. The van der Waals surface area contributed by atoms with E-state index in [1.807, 2.05) is 43.3 Å². The largest absolute Gasteiger partial charge is 0.360 e. The van der Waals surface area contributed by atoms with Crippen LogP contribution in [0.3, 0.4) is 0 Å². The van der Waals surface area contributed by atoms with Crippen molar-refractivity contribution < 1.29 is 8.42 Å². The molecule has 2 rings (SSSR count). The van der Waals surface area contributed by atoms with Gasteiger partial charge >= 0.3 is 0 Å². The predicted octanol–water partition coefficient (Wildman–Crippen LogP) is 1.89. The second-order valence-corrected chi connectivity index (χ2v) is 6.75. The first-order valence-electron chi connectivity index (χ1n) is 5.94. The van der Waals surface area contributed by atoms with Crippen LogP contribution in [0.1, 0.15) is 6.42 Å². The van der Waals surface area contributed by atoms with Crippen molar-refractivity contribution in [3.05, 3.63) is 30.5 Å². The number of rotatable bonds is 5. The summed E-state index contributed by atoms with van der Waals surface area (Å²) in [7, 11) is 0.688. The highest BCUT2D eigenvalue weighted by Gasteiger charge is 2.18. The number of aromatic nitrogens is 1. The molecule has 0 unspecified atom stereocenters. The van der Waals surface area contributed by atoms with Gasteiger partial charge in [0.15, 0.2) is 9.84 Å². The molecule has 0 aliphatic rings. The zero-order chi connectivity index (χ0) is 13.2. The van der Waals surface area contributed by atoms with E-state index in [2.05, 4.69) is 4.98 Å². The molecule has 98 valence electrons. The zero-order valence-corrected chi connectivity index (χ0v) is 11.5. The number of hydrogen-bond acceptors (Lipinski definition) is 3. The molecular weight excluding hydrogens is 248 g/mol. The molecule has 1 aromatic carbocycles. The summed E-state index contributed by atoms with van der Waals surface area (Å²) in [6.45, 7) is 0.779. The van der Waals surface area contributed by atoms with Crippen molar-refractivity contribution in [1.29, 1.82) is 0 Å². The van der Waals surface area contributed by atoms with Gasteiger partial charge in [-0.1, -0.05) is 18.2 Å². The average Bonchev–Trinajstić information content (AvgIpc) is 2.72. The Morgan fingerprint density at radius 2 is 1.94 bits per heavy atom. The Morgan fingerprint density at radius 3 is 2.67 bits per heavy atom. The minimum atomic E-state index is -3.20. The van der Waals surface area contributed by atoms with E-state index in [1.54, 1.807) is 6.20 Å². The fraction of sp³-hybridized carbons (Fsp3) is 0.385. The lowest BCUT2D eigenvalue weighted by atomic mass is 10.2. The standard InChI is InChI=1S/C13H18N2O2S/c1-15(2)8-5-9-18(16,17)13-10-14-12-7-4-3-6-11(12)13/h3-4,6-7,10,14H,5,8-9H2,1-2H3. The molecule has 0 saturated carbocycles. The molecule has 0 radical (unpaired) electrons. The average molecular weight is 266 g/mol. The number of nitrogens with one attached hydrogen (secondary N) is 1. The van der Waals surface area contributed by atoms with Crippen LogP contribution in [0, 0.1) is 0 Å². The van der Waals surface area contributed by atoms with Gasteiger partial charge in [-0.2, -0.15) is 0 Å². The molecule has 0 aliphatic carbocycles. The van der Waals surface area contributed by atoms with Crippen LogP contribution in [0.15, 0.2) is 35.4 Å². The molecule has 0 bridgehead atoms. The molecule has 0 atom stereocenters. The van der Waals surface area contributed by atoms with E-state index in [1.165, 1.54) is 0 Å². The van der Waals surface area contributed by atoms with Gasteiger partial charge in [0.1, 0.15) is 0 Å². The van der Waals surface area contributed by atoms with Crippen LogP contribution in [0.2, 0.25) is 0 Å². The maximum Gasteiger partial charge on any atom is 0.180 e. The summed E-state index contributed by atoms with van der Waals surface area (Å²) in [5, 5.41) is 0.780. The van der Waals surface area contributed by atoms with Gasteiger partial charge in [-0.05, 0) is 33.1 Å². The lowest BCUT2D eigenvalue weighted by molar-refractivity contribution is 0.408. The molecule has 2 aromatic rings. The highest BCUT2D eigenvalue weighted by Crippen LogP contribution is 2.23. The highest BCUT2D eigenvalue weighted by atomic mass is 32.2. The molecular formula is C13H18N2O2S. The van der Waals surface area contributed by atoms with Gasteiger partial charge in [0.05, 0.1) is 10.6 Å². The maximum atomic E-state index is 12.3. The van der Waals surface area contributed by atoms with Crippen molar-refractivity contribution in [2.75, 3.05) is 26.4 Å². The molecule has 5 heteroatoms. The first kappa shape index (κ1) is 13.1. The molecule has 0 amide bonds. The third-order valence-electron chi connectivity index (χ3n) is 2.90. The molecule has 1 heterocycles. The predicted molar refractivity (Wildman–Crippen MR) is 73.5 cm³/mol. The van der Waals surface area contributed by atoms with Gasteiger partial charge in [0.25, 0.3) is 0 Å². The van der Waals surface area contributed by atoms with Crippen LogP contribution in [0.25, 0.3) is 10.9 Å². The monoisotopic (exact) mass is 266 g/mol. The van der Waals surface area contributed by atoms with Crippen LogP contribution in [0.4, 0.5) is 0 Å². The minimum Gasteiger partial charge on any atom is -0.360 e. The fourth-order valence-corrected chi connectivity index (χ4v) is 3.46. The molecule has 1 aromatic heterocycles. The van der Waals surface area contributed by atoms with Gasteiger partial charge in [-0.25, -0.2) is 8.42 Å². The van der Waals surface area contributed by atoms with Crippen LogP contribution >= 0.6 is 0 Å². The van der Waals surface area contributed by atoms with Crippen LogP contribution in [-0.4, -0.2) is 44.7 Å². The van der Waals surface area contributed by atoms with Gasteiger partial charge in [0.2, 0.25) is 0 Å². The smallest absolute Gasteiger partial charge is 0.180 e. The summed E-state index contributed by atoms with van der Waals surface area (Å²) in [5.74, 6) is 0.188. The Morgan fingerprint density at radius 1 is 1.22 bits per heavy atom. The quantitative estimate of drug-likeness (QED) is 0.899. The minimum absolute atomic E-state index is 0.188. The summed E-state index contributed by atoms with van der Waals surface area (Å²) in [4.78, 5) is 5.41. The Kier molecular flexibility index (Phi) is 3.73. The van der Waals surface area contributed by atoms with E-state index in [-0.39, 0.29) is 5.75 Å². The number of aromatic amines is 1. The Hall–Kier alpha value is -1.33. The summed E-state index contributed by atoms with van der Waals surface area (Å²) < 4.78 is 24.5. The SMILES string of the molecule is CN(C)CCCS(=O)(=O)c1c[nH]c2ccccc12. The Balaban J connectivity index is 2.24. The van der Waals surface area contributed by atoms with Crippen molar-refractivity contribution in [3.63, 3.8) is 0 Å². The summed E-state index contributed by atoms with van der Waals surface area (Å²) in [5.41, 5.74) is 0.865. The zero-order valence-electron chi connectivity index (χ0n) is 10.7. The maximum absolute atomic E-state index is 12.3. The van der Waals surface area contributed by atoms with Gasteiger partial charge in [-0.3, -0.25) is 0 Å². The molecule has 0 fully saturated rings. The number of H-pyrrole nitrogens is 1. The second-order valence-electron chi connectivity index (χ2n) is 4.67. The lowest BCUT2D eigenvalue weighted by Gasteiger charge is -2.09. The number of fused-ring (bicyclic) bond motifs is 1. The Labute approximate surface area is 108 Å². The molecule has 4 nitrogen and oxygen atoms in total. The molecule has 1 N–H and O–H groups in total. The van der Waals surface area contributed by atoms with Crippen molar-refractivity contribution in [2.24, 2.45) is 0 Å². The van der Waals surface area contributed by atoms with Crippen molar-refractivity contribution in [3.8, 4) is 0 Å². The third-order valence-corrected chi connectivity index (χ3v) is 4.74. The second kappa shape index (κ2) is 5.12. The van der Waals surface area contributed by atoms with Crippen molar-refractivity contribution in [2.45, 2.75) is 11.3 Å². The van der Waals surface area contributed by atoms with Gasteiger partial charge < -0.3 is 9.88 Å². The Bertz CT molecular complexity index is 629.